The highest BCUT2D eigenvalue weighted by atomic mass is 16.7. The van der Waals surface area contributed by atoms with E-state index in [1.54, 1.807) is 0 Å². The van der Waals surface area contributed by atoms with E-state index in [4.69, 9.17) is 18.9 Å². The van der Waals surface area contributed by atoms with Crippen molar-refractivity contribution in [3.63, 3.8) is 0 Å². The van der Waals surface area contributed by atoms with E-state index in [-0.39, 0.29) is 25.6 Å². The number of carbonyl (C=O) groups excluding carboxylic acids is 1. The third-order valence-electron chi connectivity index (χ3n) is 11.3. The molecule has 4 N–H and O–H groups in total. The monoisotopic (exact) mass is 899 g/mol. The third-order valence-corrected chi connectivity index (χ3v) is 11.3. The van der Waals surface area contributed by atoms with Crippen molar-refractivity contribution >= 4 is 5.97 Å². The Hall–Kier alpha value is -2.63. The molecular weight excluding hydrogens is 805 g/mol. The van der Waals surface area contributed by atoms with Crippen molar-refractivity contribution < 1.29 is 44.2 Å². The molecule has 0 radical (unpaired) electrons. The number of unbranched alkanes of at least 4 members (excludes halogenated alkanes) is 18. The Bertz CT molecular complexity index is 1250. The quantitative estimate of drug-likeness (QED) is 0.0268. The molecule has 1 saturated heterocycles. The highest BCUT2D eigenvalue weighted by Gasteiger charge is 2.44. The number of ether oxygens (including phenoxy) is 4. The number of aliphatic hydroxyl groups excluding tert-OH is 4. The largest absolute Gasteiger partial charge is 0.457 e. The molecule has 368 valence electrons. The zero-order chi connectivity index (χ0) is 46.4. The van der Waals surface area contributed by atoms with Crippen molar-refractivity contribution in [2.45, 2.75) is 230 Å². The van der Waals surface area contributed by atoms with Gasteiger partial charge in [0.2, 0.25) is 0 Å². The molecule has 0 saturated carbocycles. The Labute approximate surface area is 390 Å². The van der Waals surface area contributed by atoms with E-state index in [9.17, 15) is 25.2 Å². The molecule has 0 aliphatic carbocycles. The average Bonchev–Trinajstić information content (AvgIpc) is 3.30. The highest BCUT2D eigenvalue weighted by Crippen LogP contribution is 2.22. The van der Waals surface area contributed by atoms with E-state index < -0.39 is 43.4 Å². The molecule has 6 atom stereocenters. The summed E-state index contributed by atoms with van der Waals surface area (Å²) >= 11 is 0. The van der Waals surface area contributed by atoms with E-state index in [0.29, 0.717) is 13.0 Å². The van der Waals surface area contributed by atoms with Gasteiger partial charge in [-0.3, -0.25) is 4.79 Å². The summed E-state index contributed by atoms with van der Waals surface area (Å²) in [5, 5.41) is 40.2. The number of rotatable bonds is 43. The van der Waals surface area contributed by atoms with Crippen LogP contribution in [0.25, 0.3) is 0 Å². The summed E-state index contributed by atoms with van der Waals surface area (Å²) in [7, 11) is 0. The lowest BCUT2D eigenvalue weighted by Gasteiger charge is -2.39. The van der Waals surface area contributed by atoms with Gasteiger partial charge in [0.25, 0.3) is 0 Å². The Balaban J connectivity index is 2.26. The number of aliphatic hydroxyl groups is 4. The first-order chi connectivity index (χ1) is 31.4. The van der Waals surface area contributed by atoms with Crippen molar-refractivity contribution in [3.8, 4) is 0 Å². The Kier molecular flexibility index (Phi) is 42.2. The smallest absolute Gasteiger partial charge is 0.306 e. The summed E-state index contributed by atoms with van der Waals surface area (Å²) in [5.41, 5.74) is 0. The maximum Gasteiger partial charge on any atom is 0.306 e. The molecule has 0 aromatic carbocycles. The minimum absolute atomic E-state index is 0.122. The summed E-state index contributed by atoms with van der Waals surface area (Å²) in [4.78, 5) is 12.8. The standard InChI is InChI=1S/C55H94O9/c1-3-5-7-9-11-13-15-17-19-21-23-25-26-28-30-32-34-36-38-40-42-44-51(57)63-49(48-62-55-54(60)53(59)52(58)50(46-56)64-55)47-61-45-43-41-39-37-35-33-31-29-27-24-22-20-18-16-14-12-10-8-6-4-2/h5,7,11,13,17-20,23,25,28,30,34,36,49-50,52-56,58-60H,3-4,6,8-10,12,14-16,21-22,24,26-27,29,31-33,35,37-48H2,1-2H3/b7-5-,13-11-,19-17-,20-18-,25-23-,30-28-,36-34-. The lowest BCUT2D eigenvalue weighted by Crippen LogP contribution is -2.59. The van der Waals surface area contributed by atoms with Gasteiger partial charge >= 0.3 is 5.97 Å². The minimum Gasteiger partial charge on any atom is -0.457 e. The molecular formula is C55H94O9. The van der Waals surface area contributed by atoms with Crippen LogP contribution in [-0.2, 0) is 23.7 Å². The number of esters is 1. The van der Waals surface area contributed by atoms with Crippen LogP contribution < -0.4 is 0 Å². The lowest BCUT2D eigenvalue weighted by atomic mass is 9.99. The summed E-state index contributed by atoms with van der Waals surface area (Å²) in [5.74, 6) is -0.357. The average molecular weight is 899 g/mol. The van der Waals surface area contributed by atoms with E-state index >= 15 is 0 Å². The molecule has 0 amide bonds. The highest BCUT2D eigenvalue weighted by molar-refractivity contribution is 5.69. The lowest BCUT2D eigenvalue weighted by molar-refractivity contribution is -0.305. The van der Waals surface area contributed by atoms with Gasteiger partial charge in [-0.15, -0.1) is 0 Å². The van der Waals surface area contributed by atoms with Gasteiger partial charge in [0, 0.05) is 13.0 Å². The first kappa shape index (κ1) is 59.4. The molecule has 9 heteroatoms. The first-order valence-corrected chi connectivity index (χ1v) is 25.7. The fourth-order valence-electron chi connectivity index (χ4n) is 7.31. The predicted octanol–water partition coefficient (Wildman–Crippen LogP) is 12.6. The van der Waals surface area contributed by atoms with Crippen LogP contribution in [0.5, 0.6) is 0 Å². The Morgan fingerprint density at radius 2 is 0.953 bits per heavy atom. The molecule has 1 fully saturated rings. The maximum absolute atomic E-state index is 12.8. The Morgan fingerprint density at radius 1 is 0.516 bits per heavy atom. The van der Waals surface area contributed by atoms with Crippen molar-refractivity contribution in [3.05, 3.63) is 85.1 Å². The normalized spacial score (nSPS) is 20.2. The zero-order valence-electron chi connectivity index (χ0n) is 40.5. The first-order valence-electron chi connectivity index (χ1n) is 25.7. The van der Waals surface area contributed by atoms with Gasteiger partial charge in [-0.2, -0.15) is 0 Å². The van der Waals surface area contributed by atoms with Gasteiger partial charge in [-0.25, -0.2) is 0 Å². The van der Waals surface area contributed by atoms with E-state index in [1.807, 2.05) is 0 Å². The van der Waals surface area contributed by atoms with Gasteiger partial charge in [0.1, 0.15) is 30.5 Å². The van der Waals surface area contributed by atoms with Gasteiger partial charge in [0.15, 0.2) is 6.29 Å². The summed E-state index contributed by atoms with van der Waals surface area (Å²) < 4.78 is 22.8. The molecule has 0 aromatic rings. The maximum atomic E-state index is 12.8. The van der Waals surface area contributed by atoms with Crippen molar-refractivity contribution in [1.29, 1.82) is 0 Å². The molecule has 64 heavy (non-hydrogen) atoms. The third kappa shape index (κ3) is 35.6. The van der Waals surface area contributed by atoms with Crippen molar-refractivity contribution in [2.75, 3.05) is 26.4 Å². The predicted molar refractivity (Wildman–Crippen MR) is 265 cm³/mol. The fraction of sp³-hybridized carbons (Fsp3) is 0.727. The van der Waals surface area contributed by atoms with Crippen LogP contribution in [0.1, 0.15) is 194 Å². The second kappa shape index (κ2) is 45.5. The minimum atomic E-state index is -1.55. The van der Waals surface area contributed by atoms with Gasteiger partial charge < -0.3 is 39.4 Å². The van der Waals surface area contributed by atoms with Crippen LogP contribution in [0.15, 0.2) is 85.1 Å². The van der Waals surface area contributed by atoms with Crippen LogP contribution >= 0.6 is 0 Å². The molecule has 0 spiro atoms. The van der Waals surface area contributed by atoms with Gasteiger partial charge in [-0.05, 0) is 89.9 Å². The topological polar surface area (TPSA) is 135 Å². The van der Waals surface area contributed by atoms with Gasteiger partial charge in [0.05, 0.1) is 19.8 Å². The van der Waals surface area contributed by atoms with Crippen LogP contribution in [0.4, 0.5) is 0 Å². The van der Waals surface area contributed by atoms with E-state index in [2.05, 4.69) is 98.9 Å². The second-order valence-electron chi connectivity index (χ2n) is 17.2. The molecule has 9 nitrogen and oxygen atoms in total. The number of hydrogen-bond donors (Lipinski definition) is 4. The van der Waals surface area contributed by atoms with Crippen molar-refractivity contribution in [1.82, 2.24) is 0 Å². The van der Waals surface area contributed by atoms with E-state index in [1.165, 1.54) is 103 Å². The van der Waals surface area contributed by atoms with E-state index in [0.717, 1.165) is 64.2 Å². The molecule has 1 rings (SSSR count). The molecule has 0 bridgehead atoms. The SMILES string of the molecule is CC/C=C\C/C=C\C/C=C\C/C=C\C/C=C\C/C=C\CCCCC(=O)OC(COCCCCCCCCCCCC/C=C\CCCCCCCC)COC1OC(CO)C(O)C(O)C1O. The molecule has 1 aliphatic rings. The number of carbonyl (C=O) groups is 1. The molecule has 6 unspecified atom stereocenters. The van der Waals surface area contributed by atoms with Crippen molar-refractivity contribution in [2.24, 2.45) is 0 Å². The van der Waals surface area contributed by atoms with Crippen LogP contribution in [0.3, 0.4) is 0 Å². The number of allylic oxidation sites excluding steroid dienone is 14. The second-order valence-corrected chi connectivity index (χ2v) is 17.2. The molecule has 0 aromatic heterocycles. The molecule has 1 heterocycles. The zero-order valence-corrected chi connectivity index (χ0v) is 40.5. The summed E-state index contributed by atoms with van der Waals surface area (Å²) in [6.45, 7) is 4.38. The fourth-order valence-corrected chi connectivity index (χ4v) is 7.31. The van der Waals surface area contributed by atoms with Crippen LogP contribution in [0, 0.1) is 0 Å². The summed E-state index contributed by atoms with van der Waals surface area (Å²) in [6.07, 6.45) is 54.7. The van der Waals surface area contributed by atoms with Crippen LogP contribution in [-0.4, -0.2) is 89.6 Å². The Morgan fingerprint density at radius 3 is 1.45 bits per heavy atom. The molecule has 1 aliphatic heterocycles. The van der Waals surface area contributed by atoms with Gasteiger partial charge in [-0.1, -0.05) is 182 Å². The summed E-state index contributed by atoms with van der Waals surface area (Å²) in [6, 6.07) is 0. The van der Waals surface area contributed by atoms with Crippen LogP contribution in [0.2, 0.25) is 0 Å². The number of hydrogen-bond acceptors (Lipinski definition) is 9.